The Bertz CT molecular complexity index is 426. The van der Waals surface area contributed by atoms with Crippen molar-refractivity contribution in [3.8, 4) is 0 Å². The molecule has 1 amide bonds. The molecule has 1 aromatic rings. The summed E-state index contributed by atoms with van der Waals surface area (Å²) in [7, 11) is 0. The van der Waals surface area contributed by atoms with Gasteiger partial charge in [-0.15, -0.1) is 16.7 Å². The number of carbonyl (C=O) groups excluding carboxylic acids is 1. The molecule has 0 aromatic carbocycles. The second-order valence-electron chi connectivity index (χ2n) is 6.21. The summed E-state index contributed by atoms with van der Waals surface area (Å²) >= 11 is 7.37. The lowest BCUT2D eigenvalue weighted by atomic mass is 9.90. The molecule has 1 aromatic heterocycles. The predicted octanol–water partition coefficient (Wildman–Crippen LogP) is 3.43. The van der Waals surface area contributed by atoms with E-state index in [1.165, 1.54) is 0 Å². The Hall–Kier alpha value is -0.680. The van der Waals surface area contributed by atoms with Crippen molar-refractivity contribution in [2.75, 3.05) is 6.54 Å². The van der Waals surface area contributed by atoms with E-state index >= 15 is 0 Å². The van der Waals surface area contributed by atoms with Crippen molar-refractivity contribution in [1.82, 2.24) is 14.9 Å². The quantitative estimate of drug-likeness (QED) is 0.848. The fraction of sp³-hybridized carbons (Fsp3) is 0.769. The highest BCUT2D eigenvalue weighted by molar-refractivity contribution is 7.08. The van der Waals surface area contributed by atoms with Crippen molar-refractivity contribution >= 4 is 29.0 Å². The normalized spacial score (nSPS) is 13.6. The summed E-state index contributed by atoms with van der Waals surface area (Å²) in [5.41, 5.74) is 0.913. The van der Waals surface area contributed by atoms with Crippen LogP contribution in [-0.2, 0) is 0 Å². The average Bonchev–Trinajstić information content (AvgIpc) is 2.72. The Balaban J connectivity index is 2.54. The van der Waals surface area contributed by atoms with Crippen LogP contribution >= 0.6 is 23.1 Å². The van der Waals surface area contributed by atoms with Gasteiger partial charge in [-0.2, -0.15) is 0 Å². The number of carbonyl (C=O) groups is 1. The van der Waals surface area contributed by atoms with E-state index in [0.29, 0.717) is 11.4 Å². The largest absolute Gasteiger partial charge is 0.350 e. The minimum atomic E-state index is -0.127. The summed E-state index contributed by atoms with van der Waals surface area (Å²) in [5, 5.41) is 6.80. The fourth-order valence-electron chi connectivity index (χ4n) is 1.75. The summed E-state index contributed by atoms with van der Waals surface area (Å²) < 4.78 is 3.85. The Morgan fingerprint density at radius 2 is 2.05 bits per heavy atom. The molecule has 0 saturated heterocycles. The van der Waals surface area contributed by atoms with Gasteiger partial charge in [0.2, 0.25) is 0 Å². The minimum absolute atomic E-state index is 0.0627. The van der Waals surface area contributed by atoms with Gasteiger partial charge in [0, 0.05) is 6.54 Å². The van der Waals surface area contributed by atoms with Gasteiger partial charge >= 0.3 is 0 Å². The summed E-state index contributed by atoms with van der Waals surface area (Å²) in [6, 6.07) is 0. The van der Waals surface area contributed by atoms with Crippen molar-refractivity contribution in [1.29, 1.82) is 0 Å². The monoisotopic (exact) mass is 303 g/mol. The van der Waals surface area contributed by atoms with E-state index in [2.05, 4.69) is 35.7 Å². The molecule has 1 N–H and O–H groups in total. The van der Waals surface area contributed by atoms with E-state index in [1.54, 1.807) is 0 Å². The molecule has 0 fully saturated rings. The second kappa shape index (κ2) is 6.66. The number of rotatable bonds is 5. The molecule has 1 heterocycles. The predicted molar refractivity (Wildman–Crippen MR) is 80.0 cm³/mol. The SMILES string of the molecule is CC(C)c1nnsc1C(=O)NCC(Cl)CC(C)(C)C. The van der Waals surface area contributed by atoms with Gasteiger partial charge < -0.3 is 5.32 Å². The number of amides is 1. The highest BCUT2D eigenvalue weighted by atomic mass is 35.5. The van der Waals surface area contributed by atoms with Gasteiger partial charge in [0.15, 0.2) is 0 Å². The topological polar surface area (TPSA) is 54.9 Å². The molecule has 0 bridgehead atoms. The number of halogens is 1. The summed E-state index contributed by atoms with van der Waals surface area (Å²) in [4.78, 5) is 12.7. The van der Waals surface area contributed by atoms with Crippen LogP contribution in [0.5, 0.6) is 0 Å². The van der Waals surface area contributed by atoms with Gasteiger partial charge in [0.1, 0.15) is 4.88 Å². The van der Waals surface area contributed by atoms with Gasteiger partial charge in [-0.25, -0.2) is 0 Å². The third kappa shape index (κ3) is 5.45. The van der Waals surface area contributed by atoms with Crippen LogP contribution in [0, 0.1) is 5.41 Å². The maximum absolute atomic E-state index is 12.1. The van der Waals surface area contributed by atoms with Gasteiger partial charge in [-0.1, -0.05) is 39.1 Å². The first-order valence-corrected chi connectivity index (χ1v) is 7.66. The van der Waals surface area contributed by atoms with E-state index in [-0.39, 0.29) is 22.6 Å². The summed E-state index contributed by atoms with van der Waals surface area (Å²) in [6.07, 6.45) is 0.854. The van der Waals surface area contributed by atoms with Crippen molar-refractivity contribution in [2.24, 2.45) is 5.41 Å². The van der Waals surface area contributed by atoms with Crippen LogP contribution in [0.4, 0.5) is 0 Å². The molecule has 1 atom stereocenters. The molecule has 4 nitrogen and oxygen atoms in total. The third-order valence-corrected chi connectivity index (χ3v) is 3.63. The Morgan fingerprint density at radius 3 is 2.58 bits per heavy atom. The zero-order valence-electron chi connectivity index (χ0n) is 12.2. The number of alkyl halides is 1. The smallest absolute Gasteiger partial charge is 0.265 e. The highest BCUT2D eigenvalue weighted by Gasteiger charge is 2.21. The first-order chi connectivity index (χ1) is 8.70. The van der Waals surface area contributed by atoms with Crippen LogP contribution in [-0.4, -0.2) is 27.4 Å². The molecule has 0 aliphatic heterocycles. The van der Waals surface area contributed by atoms with Crippen molar-refractivity contribution in [3.63, 3.8) is 0 Å². The third-order valence-electron chi connectivity index (χ3n) is 2.58. The molecule has 6 heteroatoms. The summed E-state index contributed by atoms with van der Waals surface area (Å²) in [6.45, 7) is 10.9. The molecule has 1 unspecified atom stereocenters. The maximum Gasteiger partial charge on any atom is 0.265 e. The van der Waals surface area contributed by atoms with Gasteiger partial charge in [-0.3, -0.25) is 4.79 Å². The second-order valence-corrected chi connectivity index (χ2v) is 7.59. The molecule has 108 valence electrons. The number of hydrogen-bond donors (Lipinski definition) is 1. The van der Waals surface area contributed by atoms with E-state index < -0.39 is 0 Å². The van der Waals surface area contributed by atoms with Crippen LogP contribution in [0.2, 0.25) is 0 Å². The lowest BCUT2D eigenvalue weighted by Gasteiger charge is -2.21. The molecular formula is C13H22ClN3OS. The zero-order chi connectivity index (χ0) is 14.6. The molecule has 0 saturated carbocycles. The van der Waals surface area contributed by atoms with E-state index in [9.17, 15) is 4.79 Å². The van der Waals surface area contributed by atoms with Gasteiger partial charge in [0.25, 0.3) is 5.91 Å². The highest BCUT2D eigenvalue weighted by Crippen LogP contribution is 2.23. The molecular weight excluding hydrogens is 282 g/mol. The average molecular weight is 304 g/mol. The first kappa shape index (κ1) is 16.4. The van der Waals surface area contributed by atoms with Crippen LogP contribution in [0.15, 0.2) is 0 Å². The van der Waals surface area contributed by atoms with E-state index in [4.69, 9.17) is 11.6 Å². The molecule has 0 aliphatic rings. The Morgan fingerprint density at radius 1 is 1.42 bits per heavy atom. The molecule has 0 aliphatic carbocycles. The lowest BCUT2D eigenvalue weighted by Crippen LogP contribution is -2.31. The number of aromatic nitrogens is 2. The van der Waals surface area contributed by atoms with Gasteiger partial charge in [-0.05, 0) is 29.3 Å². The van der Waals surface area contributed by atoms with Crippen LogP contribution in [0.1, 0.15) is 62.3 Å². The Kier molecular flexibility index (Phi) is 5.74. The standard InChI is InChI=1S/C13H22ClN3OS/c1-8(2)10-11(19-17-16-10)12(18)15-7-9(14)6-13(3,4)5/h8-9H,6-7H2,1-5H3,(H,15,18). The summed E-state index contributed by atoms with van der Waals surface area (Å²) in [5.74, 6) is 0.0686. The molecule has 19 heavy (non-hydrogen) atoms. The number of nitrogens with zero attached hydrogens (tertiary/aromatic N) is 2. The van der Waals surface area contributed by atoms with Crippen LogP contribution in [0.25, 0.3) is 0 Å². The zero-order valence-corrected chi connectivity index (χ0v) is 13.7. The van der Waals surface area contributed by atoms with Crippen molar-refractivity contribution < 1.29 is 4.79 Å². The van der Waals surface area contributed by atoms with E-state index in [0.717, 1.165) is 23.6 Å². The van der Waals surface area contributed by atoms with Crippen LogP contribution < -0.4 is 5.32 Å². The van der Waals surface area contributed by atoms with E-state index in [1.807, 2.05) is 13.8 Å². The molecule has 0 spiro atoms. The van der Waals surface area contributed by atoms with Crippen molar-refractivity contribution in [3.05, 3.63) is 10.6 Å². The Labute approximate surface area is 124 Å². The first-order valence-electron chi connectivity index (χ1n) is 6.45. The number of nitrogens with one attached hydrogen (secondary N) is 1. The fourth-order valence-corrected chi connectivity index (χ4v) is 3.03. The van der Waals surface area contributed by atoms with Crippen LogP contribution in [0.3, 0.4) is 0 Å². The number of hydrogen-bond acceptors (Lipinski definition) is 4. The molecule has 1 rings (SSSR count). The maximum atomic E-state index is 12.1. The van der Waals surface area contributed by atoms with Crippen molar-refractivity contribution in [2.45, 2.75) is 52.3 Å². The molecule has 0 radical (unpaired) electrons. The van der Waals surface area contributed by atoms with Gasteiger partial charge in [0.05, 0.1) is 11.1 Å². The lowest BCUT2D eigenvalue weighted by molar-refractivity contribution is 0.0954. The minimum Gasteiger partial charge on any atom is -0.350 e.